The van der Waals surface area contributed by atoms with E-state index in [1.165, 1.54) is 6.42 Å². The lowest BCUT2D eigenvalue weighted by Gasteiger charge is -2.62. The molecule has 280 valence electrons. The Balaban J connectivity index is 1.24. The van der Waals surface area contributed by atoms with Crippen LogP contribution in [0.2, 0.25) is 0 Å². The Labute approximate surface area is 310 Å². The van der Waals surface area contributed by atoms with Gasteiger partial charge in [0.05, 0.1) is 26.3 Å². The van der Waals surface area contributed by atoms with Gasteiger partial charge in [-0.15, -0.1) is 0 Å². The van der Waals surface area contributed by atoms with Gasteiger partial charge in [-0.1, -0.05) is 95.3 Å². The predicted octanol–water partition coefficient (Wildman–Crippen LogP) is 6.33. The number of aliphatic hydroxyl groups is 1. The molecule has 9 nitrogen and oxygen atoms in total. The van der Waals surface area contributed by atoms with Crippen LogP contribution >= 0.6 is 0 Å². The molecule has 1 heterocycles. The molecule has 2 bridgehead atoms. The topological polar surface area (TPSA) is 103 Å². The first-order chi connectivity index (χ1) is 24.8. The van der Waals surface area contributed by atoms with Gasteiger partial charge in [-0.2, -0.15) is 5.06 Å². The molecule has 9 heteroatoms. The van der Waals surface area contributed by atoms with Gasteiger partial charge in [0, 0.05) is 35.2 Å². The molecule has 7 rings (SSSR count). The number of amides is 2. The van der Waals surface area contributed by atoms with Crippen LogP contribution < -0.4 is 15.4 Å². The number of rotatable bonds is 13. The van der Waals surface area contributed by atoms with Crippen molar-refractivity contribution in [1.82, 2.24) is 20.6 Å². The summed E-state index contributed by atoms with van der Waals surface area (Å²) >= 11 is 0. The number of carbonyl (C=O) groups is 2. The number of benzene rings is 3. The molecule has 0 radical (unpaired) electrons. The van der Waals surface area contributed by atoms with E-state index in [4.69, 9.17) is 9.57 Å². The number of hydroxylamine groups is 2. The number of hydrogen-bond acceptors (Lipinski definition) is 7. The van der Waals surface area contributed by atoms with Crippen LogP contribution in [0.3, 0.4) is 0 Å². The highest BCUT2D eigenvalue weighted by atomic mass is 16.7. The second-order valence-electron chi connectivity index (χ2n) is 16.5. The summed E-state index contributed by atoms with van der Waals surface area (Å²) in [7, 11) is 5.64. The first-order valence-corrected chi connectivity index (χ1v) is 19.0. The quantitative estimate of drug-likeness (QED) is 0.191. The molecule has 52 heavy (non-hydrogen) atoms. The van der Waals surface area contributed by atoms with E-state index in [0.717, 1.165) is 28.7 Å². The van der Waals surface area contributed by atoms with Crippen LogP contribution in [0.5, 0.6) is 5.75 Å². The number of likely N-dealkylation sites (N-methyl/N-ethyl adjacent to an activating group) is 1. The van der Waals surface area contributed by atoms with Gasteiger partial charge in [0.1, 0.15) is 17.9 Å². The molecule has 4 aliphatic rings. The van der Waals surface area contributed by atoms with Crippen LogP contribution in [0.25, 0.3) is 11.1 Å². The molecule has 4 fully saturated rings. The molecular weight excluding hydrogens is 652 g/mol. The van der Waals surface area contributed by atoms with Crippen molar-refractivity contribution < 1.29 is 24.3 Å². The lowest BCUT2D eigenvalue weighted by atomic mass is 9.45. The summed E-state index contributed by atoms with van der Waals surface area (Å²) in [5.74, 6) is 2.01. The van der Waals surface area contributed by atoms with Gasteiger partial charge in [-0.25, -0.2) is 0 Å². The summed E-state index contributed by atoms with van der Waals surface area (Å²) in [6.07, 6.45) is 1.74. The molecule has 3 N–H and O–H groups in total. The van der Waals surface area contributed by atoms with E-state index in [0.29, 0.717) is 41.0 Å². The summed E-state index contributed by atoms with van der Waals surface area (Å²) in [6.45, 7) is 12.0. The van der Waals surface area contributed by atoms with Gasteiger partial charge in [-0.05, 0) is 79.3 Å². The van der Waals surface area contributed by atoms with Gasteiger partial charge in [0.2, 0.25) is 5.91 Å². The molecular formula is C43H58N4O5. The lowest BCUT2D eigenvalue weighted by Crippen LogP contribution is -2.62. The van der Waals surface area contributed by atoms with Crippen molar-refractivity contribution in [2.75, 3.05) is 34.4 Å². The predicted molar refractivity (Wildman–Crippen MR) is 204 cm³/mol. The normalized spacial score (nSPS) is 27.2. The highest BCUT2D eigenvalue weighted by Gasteiger charge is 2.57. The molecule has 0 spiro atoms. The maximum absolute atomic E-state index is 14.3. The van der Waals surface area contributed by atoms with Crippen LogP contribution in [-0.2, 0) is 16.2 Å². The lowest BCUT2D eigenvalue weighted by molar-refractivity contribution is -0.183. The SMILES string of the molecule is COc1c(CN2O[C@@H](CO)[C@H](C(C)C)[C@H]2C(=O)N[C@H]2C[C@@H]3C[C@H]([C@@H]2C)C3(C)C)cccc1-c1cccc(C(=O)N[C@@H](CN(C)C)c2ccccc2)c1. The third kappa shape index (κ3) is 7.51. The maximum Gasteiger partial charge on any atom is 0.251 e. The Hall–Kier alpha value is -3.76. The van der Waals surface area contributed by atoms with Crippen LogP contribution in [0.15, 0.2) is 72.8 Å². The van der Waals surface area contributed by atoms with Gasteiger partial charge >= 0.3 is 0 Å². The Morgan fingerprint density at radius 3 is 2.40 bits per heavy atom. The number of nitrogens with one attached hydrogen (secondary N) is 2. The number of methoxy groups -OCH3 is 1. The van der Waals surface area contributed by atoms with Crippen molar-refractivity contribution in [2.24, 2.45) is 35.0 Å². The van der Waals surface area contributed by atoms with E-state index in [2.05, 4.69) is 50.2 Å². The second-order valence-corrected chi connectivity index (χ2v) is 16.5. The number of aliphatic hydroxyl groups excluding tert-OH is 1. The monoisotopic (exact) mass is 710 g/mol. The van der Waals surface area contributed by atoms with E-state index in [9.17, 15) is 14.7 Å². The number of fused-ring (bicyclic) bond motifs is 2. The van der Waals surface area contributed by atoms with Crippen molar-refractivity contribution in [1.29, 1.82) is 0 Å². The van der Waals surface area contributed by atoms with E-state index in [1.54, 1.807) is 12.2 Å². The van der Waals surface area contributed by atoms with Gasteiger partial charge in [-0.3, -0.25) is 14.4 Å². The minimum atomic E-state index is -0.573. The van der Waals surface area contributed by atoms with Crippen molar-refractivity contribution in [3.05, 3.63) is 89.5 Å². The molecule has 3 saturated carbocycles. The molecule has 3 aliphatic carbocycles. The van der Waals surface area contributed by atoms with E-state index < -0.39 is 12.1 Å². The fourth-order valence-electron chi connectivity index (χ4n) is 9.40. The number of para-hydroxylation sites is 1. The van der Waals surface area contributed by atoms with Gasteiger partial charge in [0.25, 0.3) is 5.91 Å². The molecule has 3 aromatic rings. The summed E-state index contributed by atoms with van der Waals surface area (Å²) in [6, 6.07) is 22.9. The first-order valence-electron chi connectivity index (χ1n) is 19.0. The minimum Gasteiger partial charge on any atom is -0.496 e. The van der Waals surface area contributed by atoms with Gasteiger partial charge < -0.3 is 25.4 Å². The third-order valence-electron chi connectivity index (χ3n) is 12.4. The number of ether oxygens (including phenoxy) is 1. The number of carbonyl (C=O) groups excluding carboxylic acids is 2. The maximum atomic E-state index is 14.3. The van der Waals surface area contributed by atoms with Crippen molar-refractivity contribution in [3.8, 4) is 16.9 Å². The summed E-state index contributed by atoms with van der Waals surface area (Å²) in [5.41, 5.74) is 4.44. The zero-order valence-corrected chi connectivity index (χ0v) is 32.1. The van der Waals surface area contributed by atoms with Crippen LogP contribution in [0, 0.1) is 35.0 Å². The molecule has 2 amide bonds. The summed E-state index contributed by atoms with van der Waals surface area (Å²) in [4.78, 5) is 36.4. The van der Waals surface area contributed by atoms with Crippen molar-refractivity contribution >= 4 is 11.8 Å². The average molecular weight is 711 g/mol. The molecule has 0 unspecified atom stereocenters. The molecule has 8 atom stereocenters. The van der Waals surface area contributed by atoms with Crippen molar-refractivity contribution in [3.63, 3.8) is 0 Å². The number of nitrogens with zero attached hydrogens (tertiary/aromatic N) is 2. The largest absolute Gasteiger partial charge is 0.496 e. The van der Waals surface area contributed by atoms with Crippen LogP contribution in [-0.4, -0.2) is 79.4 Å². The van der Waals surface area contributed by atoms with E-state index in [-0.39, 0.29) is 48.9 Å². The first kappa shape index (κ1) is 38.0. The van der Waals surface area contributed by atoms with Crippen LogP contribution in [0.1, 0.15) is 75.0 Å². The fraction of sp³-hybridized carbons (Fsp3) is 0.535. The Kier molecular flexibility index (Phi) is 11.5. The zero-order valence-electron chi connectivity index (χ0n) is 32.1. The highest BCUT2D eigenvalue weighted by Crippen LogP contribution is 2.61. The molecule has 1 aliphatic heterocycles. The van der Waals surface area contributed by atoms with Crippen molar-refractivity contribution in [2.45, 2.75) is 78.2 Å². The Bertz CT molecular complexity index is 1710. The third-order valence-corrected chi connectivity index (χ3v) is 12.4. The average Bonchev–Trinajstić information content (AvgIpc) is 3.50. The fourth-order valence-corrected chi connectivity index (χ4v) is 9.40. The summed E-state index contributed by atoms with van der Waals surface area (Å²) in [5, 5.41) is 18.9. The van der Waals surface area contributed by atoms with E-state index in [1.807, 2.05) is 86.9 Å². The molecule has 3 aromatic carbocycles. The Morgan fingerprint density at radius 2 is 1.77 bits per heavy atom. The standard InChI is InChI=1S/C43H58N4O5/c1-26(2)38-37(25-48)52-47(39(38)42(50)44-35-22-32-21-34(27(35)3)43(32,4)5)23-31-18-13-19-33(40(31)51-8)29-16-12-17-30(20-29)41(49)45-36(24-46(6)7)28-14-10-9-11-15-28/h9-20,26-27,32,34-39,48H,21-25H2,1-8H3,(H,44,50)(H,45,49)/t27-,32-,34+,35-,36-,37-,38-,39-/m0/s1. The second kappa shape index (κ2) is 15.7. The smallest absolute Gasteiger partial charge is 0.251 e. The summed E-state index contributed by atoms with van der Waals surface area (Å²) < 4.78 is 6.06. The highest BCUT2D eigenvalue weighted by molar-refractivity contribution is 5.96. The Morgan fingerprint density at radius 1 is 1.04 bits per heavy atom. The zero-order chi connectivity index (χ0) is 37.3. The molecule has 0 aromatic heterocycles. The van der Waals surface area contributed by atoms with Gasteiger partial charge in [0.15, 0.2) is 0 Å². The van der Waals surface area contributed by atoms with Crippen LogP contribution in [0.4, 0.5) is 0 Å². The van der Waals surface area contributed by atoms with E-state index >= 15 is 0 Å². The number of hydrogen-bond donors (Lipinski definition) is 3. The minimum absolute atomic E-state index is 0.0393. The molecule has 1 saturated heterocycles.